The van der Waals surface area contributed by atoms with Gasteiger partial charge in [0.15, 0.2) is 11.5 Å². The van der Waals surface area contributed by atoms with Crippen molar-refractivity contribution in [1.29, 1.82) is 0 Å². The highest BCUT2D eigenvalue weighted by Crippen LogP contribution is 2.39. The average Bonchev–Trinajstić information content (AvgIpc) is 2.75. The third-order valence-corrected chi connectivity index (χ3v) is 5.64. The molecular weight excluding hydrogens is 378 g/mol. The number of nitrogens with zero attached hydrogens (tertiary/aromatic N) is 1. The zero-order valence-corrected chi connectivity index (χ0v) is 19.0. The maximum absolute atomic E-state index is 13.2. The maximum Gasteiger partial charge on any atom is 0.228 e. The summed E-state index contributed by atoms with van der Waals surface area (Å²) in [6.45, 7) is 9.05. The molecule has 0 spiro atoms. The van der Waals surface area contributed by atoms with Crippen LogP contribution < -0.4 is 14.2 Å². The standard InChI is InChI=1S/C25H33NO4/c1-7-17-8-10-19(11-9-17)30-16-21-20-15-23(29-6)22(28-5)14-18(20)12-13-26(21)24(27)25(2,3)4/h8-11,14-15,21H,7,12-13,16H2,1-6H3/t21-/m1/s1. The molecule has 1 aliphatic rings. The number of hydrogen-bond donors (Lipinski definition) is 0. The Kier molecular flexibility index (Phi) is 6.59. The lowest BCUT2D eigenvalue weighted by molar-refractivity contribution is -0.143. The molecule has 5 nitrogen and oxygen atoms in total. The molecule has 162 valence electrons. The Balaban J connectivity index is 1.95. The number of methoxy groups -OCH3 is 2. The van der Waals surface area contributed by atoms with Gasteiger partial charge in [-0.15, -0.1) is 0 Å². The van der Waals surface area contributed by atoms with Crippen LogP contribution in [0.15, 0.2) is 36.4 Å². The highest BCUT2D eigenvalue weighted by Gasteiger charge is 2.37. The summed E-state index contributed by atoms with van der Waals surface area (Å²) < 4.78 is 17.2. The van der Waals surface area contributed by atoms with Gasteiger partial charge in [-0.2, -0.15) is 0 Å². The maximum atomic E-state index is 13.2. The lowest BCUT2D eigenvalue weighted by atomic mass is 9.88. The van der Waals surface area contributed by atoms with E-state index in [2.05, 4.69) is 19.1 Å². The number of rotatable bonds is 6. The smallest absolute Gasteiger partial charge is 0.228 e. The van der Waals surface area contributed by atoms with E-state index in [-0.39, 0.29) is 11.9 Å². The molecule has 0 radical (unpaired) electrons. The summed E-state index contributed by atoms with van der Waals surface area (Å²) in [6.07, 6.45) is 1.77. The average molecular weight is 412 g/mol. The first-order chi connectivity index (χ1) is 14.3. The Morgan fingerprint density at radius 3 is 2.27 bits per heavy atom. The van der Waals surface area contributed by atoms with E-state index < -0.39 is 5.41 Å². The van der Waals surface area contributed by atoms with E-state index in [4.69, 9.17) is 14.2 Å². The number of hydrogen-bond acceptors (Lipinski definition) is 4. The number of fused-ring (bicyclic) bond motifs is 1. The van der Waals surface area contributed by atoms with Crippen molar-refractivity contribution in [3.8, 4) is 17.2 Å². The molecule has 2 aromatic rings. The van der Waals surface area contributed by atoms with Crippen LogP contribution in [0.3, 0.4) is 0 Å². The van der Waals surface area contributed by atoms with Gasteiger partial charge in [-0.25, -0.2) is 0 Å². The topological polar surface area (TPSA) is 48.0 Å². The fraction of sp³-hybridized carbons (Fsp3) is 0.480. The zero-order valence-electron chi connectivity index (χ0n) is 19.0. The van der Waals surface area contributed by atoms with Crippen molar-refractivity contribution in [3.63, 3.8) is 0 Å². The molecule has 0 saturated heterocycles. The number of amides is 1. The molecule has 1 heterocycles. The Labute approximate surface area is 179 Å². The van der Waals surface area contributed by atoms with E-state index in [0.717, 1.165) is 24.2 Å². The van der Waals surface area contributed by atoms with Crippen molar-refractivity contribution in [1.82, 2.24) is 4.90 Å². The highest BCUT2D eigenvalue weighted by molar-refractivity contribution is 5.82. The van der Waals surface area contributed by atoms with Gasteiger partial charge >= 0.3 is 0 Å². The van der Waals surface area contributed by atoms with Crippen molar-refractivity contribution >= 4 is 5.91 Å². The molecule has 1 aliphatic heterocycles. The SMILES string of the molecule is CCc1ccc(OC[C@@H]2c3cc(OC)c(OC)cc3CCN2C(=O)C(C)(C)C)cc1. The quantitative estimate of drug-likeness (QED) is 0.684. The van der Waals surface area contributed by atoms with E-state index in [1.165, 1.54) is 11.1 Å². The van der Waals surface area contributed by atoms with Gasteiger partial charge in [0.2, 0.25) is 5.91 Å². The van der Waals surface area contributed by atoms with E-state index in [1.807, 2.05) is 49.9 Å². The monoisotopic (exact) mass is 411 g/mol. The van der Waals surface area contributed by atoms with Gasteiger partial charge < -0.3 is 19.1 Å². The first kappa shape index (κ1) is 22.0. The minimum Gasteiger partial charge on any atom is -0.493 e. The molecule has 0 aliphatic carbocycles. The Morgan fingerprint density at radius 2 is 1.70 bits per heavy atom. The molecular formula is C25H33NO4. The predicted molar refractivity (Wildman–Crippen MR) is 118 cm³/mol. The van der Waals surface area contributed by atoms with Crippen molar-refractivity contribution in [2.24, 2.45) is 5.41 Å². The minimum absolute atomic E-state index is 0.123. The van der Waals surface area contributed by atoms with Crippen LogP contribution in [0.2, 0.25) is 0 Å². The van der Waals surface area contributed by atoms with E-state index >= 15 is 0 Å². The molecule has 0 saturated carbocycles. The normalized spacial score (nSPS) is 16.1. The minimum atomic E-state index is -0.463. The second kappa shape index (κ2) is 8.99. The Bertz CT molecular complexity index is 883. The number of carbonyl (C=O) groups excluding carboxylic acids is 1. The molecule has 0 unspecified atom stereocenters. The van der Waals surface area contributed by atoms with Crippen LogP contribution in [-0.4, -0.2) is 38.2 Å². The molecule has 1 amide bonds. The fourth-order valence-corrected chi connectivity index (χ4v) is 3.88. The van der Waals surface area contributed by atoms with Gasteiger partial charge in [0.25, 0.3) is 0 Å². The van der Waals surface area contributed by atoms with Crippen LogP contribution in [0.1, 0.15) is 50.4 Å². The number of aryl methyl sites for hydroxylation is 1. The van der Waals surface area contributed by atoms with Crippen molar-refractivity contribution in [2.45, 2.75) is 46.6 Å². The Morgan fingerprint density at radius 1 is 1.07 bits per heavy atom. The highest BCUT2D eigenvalue weighted by atomic mass is 16.5. The van der Waals surface area contributed by atoms with E-state index in [9.17, 15) is 4.79 Å². The molecule has 0 aromatic heterocycles. The van der Waals surface area contributed by atoms with E-state index in [1.54, 1.807) is 14.2 Å². The number of carbonyl (C=O) groups is 1. The van der Waals surface area contributed by atoms with Crippen LogP contribution in [0, 0.1) is 5.41 Å². The van der Waals surface area contributed by atoms with Crippen LogP contribution >= 0.6 is 0 Å². The van der Waals surface area contributed by atoms with Crippen molar-refractivity contribution in [2.75, 3.05) is 27.4 Å². The second-order valence-electron chi connectivity index (χ2n) is 8.73. The summed E-state index contributed by atoms with van der Waals surface area (Å²) in [5.41, 5.74) is 3.03. The molecule has 0 fully saturated rings. The van der Waals surface area contributed by atoms with Crippen molar-refractivity contribution in [3.05, 3.63) is 53.1 Å². The first-order valence-corrected chi connectivity index (χ1v) is 10.6. The summed E-state index contributed by atoms with van der Waals surface area (Å²) in [6, 6.07) is 12.0. The molecule has 2 aromatic carbocycles. The fourth-order valence-electron chi connectivity index (χ4n) is 3.88. The lowest BCUT2D eigenvalue weighted by Crippen LogP contribution is -2.47. The summed E-state index contributed by atoms with van der Waals surface area (Å²) in [7, 11) is 3.27. The number of benzene rings is 2. The van der Waals surface area contributed by atoms with Gasteiger partial charge in [0.05, 0.1) is 20.3 Å². The predicted octanol–water partition coefficient (Wildman–Crippen LogP) is 4.82. The largest absolute Gasteiger partial charge is 0.493 e. The third-order valence-electron chi connectivity index (χ3n) is 5.64. The Hall–Kier alpha value is -2.69. The van der Waals surface area contributed by atoms with Crippen LogP contribution in [0.4, 0.5) is 0 Å². The molecule has 1 atom stereocenters. The van der Waals surface area contributed by atoms with Gasteiger partial charge in [0.1, 0.15) is 12.4 Å². The van der Waals surface area contributed by atoms with Crippen molar-refractivity contribution < 1.29 is 19.0 Å². The van der Waals surface area contributed by atoms with Crippen LogP contribution in [0.25, 0.3) is 0 Å². The number of ether oxygens (including phenoxy) is 3. The lowest BCUT2D eigenvalue weighted by Gasteiger charge is -2.40. The summed E-state index contributed by atoms with van der Waals surface area (Å²) in [5, 5.41) is 0. The third kappa shape index (κ3) is 4.55. The van der Waals surface area contributed by atoms with E-state index in [0.29, 0.717) is 24.7 Å². The molecule has 5 heteroatoms. The zero-order chi connectivity index (χ0) is 21.9. The van der Waals surface area contributed by atoms with Crippen LogP contribution in [0.5, 0.6) is 17.2 Å². The molecule has 3 rings (SSSR count). The summed E-state index contributed by atoms with van der Waals surface area (Å²) >= 11 is 0. The first-order valence-electron chi connectivity index (χ1n) is 10.6. The van der Waals surface area contributed by atoms with Gasteiger partial charge in [-0.3, -0.25) is 4.79 Å². The molecule has 0 bridgehead atoms. The second-order valence-corrected chi connectivity index (χ2v) is 8.73. The van der Waals surface area contributed by atoms with Gasteiger partial charge in [-0.05, 0) is 53.8 Å². The van der Waals surface area contributed by atoms with Crippen LogP contribution in [-0.2, 0) is 17.6 Å². The molecule has 30 heavy (non-hydrogen) atoms. The summed E-state index contributed by atoms with van der Waals surface area (Å²) in [4.78, 5) is 15.2. The molecule has 0 N–H and O–H groups in total. The van der Waals surface area contributed by atoms with Gasteiger partial charge in [0, 0.05) is 12.0 Å². The van der Waals surface area contributed by atoms with Gasteiger partial charge in [-0.1, -0.05) is 39.8 Å². The summed E-state index contributed by atoms with van der Waals surface area (Å²) in [5.74, 6) is 2.31.